The molecule has 0 radical (unpaired) electrons. The fraction of sp³-hybridized carbons (Fsp3) is 0.167. The van der Waals surface area contributed by atoms with Gasteiger partial charge >= 0.3 is 6.09 Å². The summed E-state index contributed by atoms with van der Waals surface area (Å²) < 4.78 is 4.97. The molecule has 2 amide bonds. The van der Waals surface area contributed by atoms with E-state index in [1.165, 1.54) is 0 Å². The molecule has 0 aliphatic carbocycles. The van der Waals surface area contributed by atoms with E-state index in [2.05, 4.69) is 15.6 Å². The molecule has 0 aliphatic rings. The Morgan fingerprint density at radius 1 is 1.19 bits per heavy atom. The van der Waals surface area contributed by atoms with Crippen LogP contribution >= 0.6 is 22.9 Å². The zero-order chi connectivity index (χ0) is 19.2. The summed E-state index contributed by atoms with van der Waals surface area (Å²) in [7, 11) is 0. The molecule has 2 aromatic carbocycles. The summed E-state index contributed by atoms with van der Waals surface area (Å²) in [5, 5.41) is 8.45. The van der Waals surface area contributed by atoms with Gasteiger partial charge in [-0.05, 0) is 29.3 Å². The smallest absolute Gasteiger partial charge is 0.412 e. The first kappa shape index (κ1) is 18.9. The summed E-state index contributed by atoms with van der Waals surface area (Å²) in [6, 6.07) is 13.8. The number of primary amides is 1. The summed E-state index contributed by atoms with van der Waals surface area (Å²) in [5.74, 6) is -0.353. The highest BCUT2D eigenvalue weighted by atomic mass is 35.5. The molecule has 0 atom stereocenters. The highest BCUT2D eigenvalue weighted by Crippen LogP contribution is 2.31. The quantitative estimate of drug-likeness (QED) is 0.401. The largest absolute Gasteiger partial charge is 0.449 e. The van der Waals surface area contributed by atoms with Crippen molar-refractivity contribution < 1.29 is 14.3 Å². The Hall–Kier alpha value is -2.84. The highest BCUT2D eigenvalue weighted by molar-refractivity contribution is 7.20. The molecule has 1 heterocycles. The van der Waals surface area contributed by atoms with E-state index < -0.39 is 12.0 Å². The lowest BCUT2D eigenvalue weighted by atomic mass is 10.1. The second kappa shape index (κ2) is 8.70. The topological polar surface area (TPSA) is 106 Å². The minimum absolute atomic E-state index is 0.0300. The van der Waals surface area contributed by atoms with Gasteiger partial charge in [-0.1, -0.05) is 41.7 Å². The van der Waals surface area contributed by atoms with Crippen LogP contribution in [0.3, 0.4) is 0 Å². The van der Waals surface area contributed by atoms with Gasteiger partial charge < -0.3 is 15.8 Å². The van der Waals surface area contributed by atoms with Gasteiger partial charge in [0.15, 0.2) is 10.8 Å². The normalized spacial score (nSPS) is 10.6. The third-order valence-electron chi connectivity index (χ3n) is 3.59. The van der Waals surface area contributed by atoms with E-state index in [4.69, 9.17) is 22.1 Å². The molecule has 140 valence electrons. The number of nitrogens with zero attached hydrogens (tertiary/aromatic N) is 1. The number of nitrogens with one attached hydrogen (secondary N) is 2. The minimum Gasteiger partial charge on any atom is -0.449 e. The lowest BCUT2D eigenvalue weighted by molar-refractivity contribution is 0.0997. The maximum absolute atomic E-state index is 11.8. The van der Waals surface area contributed by atoms with Crippen LogP contribution in [-0.2, 0) is 4.74 Å². The Bertz CT molecular complexity index is 976. The fourth-order valence-corrected chi connectivity index (χ4v) is 3.35. The molecule has 0 spiro atoms. The van der Waals surface area contributed by atoms with E-state index in [0.717, 1.165) is 27.8 Å². The molecule has 1 aromatic heterocycles. The van der Waals surface area contributed by atoms with Gasteiger partial charge in [0.25, 0.3) is 5.91 Å². The zero-order valence-electron chi connectivity index (χ0n) is 14.2. The van der Waals surface area contributed by atoms with Gasteiger partial charge in [-0.3, -0.25) is 10.1 Å². The molecular weight excluding hydrogens is 388 g/mol. The van der Waals surface area contributed by atoms with Crippen LogP contribution < -0.4 is 16.4 Å². The molecule has 27 heavy (non-hydrogen) atoms. The molecule has 0 unspecified atom stereocenters. The van der Waals surface area contributed by atoms with Crippen molar-refractivity contribution in [2.24, 2.45) is 5.73 Å². The summed E-state index contributed by atoms with van der Waals surface area (Å²) in [4.78, 5) is 27.6. The van der Waals surface area contributed by atoms with Crippen molar-refractivity contribution in [3.05, 3.63) is 48.2 Å². The van der Waals surface area contributed by atoms with Crippen LogP contribution in [0, 0.1) is 0 Å². The van der Waals surface area contributed by atoms with E-state index in [9.17, 15) is 9.59 Å². The standard InChI is InChI=1S/C18H17ClN4O3S/c19-8-3-9-26-18(25)23-16-14(15(20)24)22-17(27-16)21-13-7-6-11-4-1-2-5-12(11)10-13/h1-2,4-7,10H,3,8-9H2,(H2,20,24)(H,21,22)(H,23,25). The Morgan fingerprint density at radius 3 is 2.70 bits per heavy atom. The van der Waals surface area contributed by atoms with Crippen LogP contribution in [0.1, 0.15) is 16.9 Å². The van der Waals surface area contributed by atoms with Crippen molar-refractivity contribution >= 4 is 61.5 Å². The van der Waals surface area contributed by atoms with Gasteiger partial charge in [0.05, 0.1) is 6.61 Å². The SMILES string of the molecule is NC(=O)c1nc(Nc2ccc3ccccc3c2)sc1NC(=O)OCCCCl. The molecule has 0 saturated carbocycles. The van der Waals surface area contributed by atoms with E-state index >= 15 is 0 Å². The van der Waals surface area contributed by atoms with Crippen molar-refractivity contribution in [3.63, 3.8) is 0 Å². The number of ether oxygens (including phenoxy) is 1. The van der Waals surface area contributed by atoms with Crippen LogP contribution in [0.15, 0.2) is 42.5 Å². The number of thiazole rings is 1. The van der Waals surface area contributed by atoms with E-state index in [1.807, 2.05) is 42.5 Å². The number of hydrogen-bond acceptors (Lipinski definition) is 6. The number of halogens is 1. The highest BCUT2D eigenvalue weighted by Gasteiger charge is 2.18. The third-order valence-corrected chi connectivity index (χ3v) is 4.74. The van der Waals surface area contributed by atoms with E-state index in [1.54, 1.807) is 0 Å². The van der Waals surface area contributed by atoms with Crippen molar-refractivity contribution in [1.29, 1.82) is 0 Å². The Labute approximate surface area is 164 Å². The second-order valence-corrected chi connectivity index (χ2v) is 6.93. The predicted molar refractivity (Wildman–Crippen MR) is 108 cm³/mol. The molecular formula is C18H17ClN4O3S. The number of nitrogens with two attached hydrogens (primary N) is 1. The molecule has 3 aromatic rings. The second-order valence-electron chi connectivity index (χ2n) is 5.55. The first-order valence-corrected chi connectivity index (χ1v) is 9.48. The number of fused-ring (bicyclic) bond motifs is 1. The monoisotopic (exact) mass is 404 g/mol. The van der Waals surface area contributed by atoms with E-state index in [0.29, 0.717) is 17.4 Å². The number of rotatable bonds is 7. The molecule has 0 fully saturated rings. The lowest BCUT2D eigenvalue weighted by Gasteiger charge is -2.05. The number of hydrogen-bond donors (Lipinski definition) is 3. The Morgan fingerprint density at radius 2 is 1.96 bits per heavy atom. The zero-order valence-corrected chi connectivity index (χ0v) is 15.8. The Balaban J connectivity index is 1.77. The van der Waals surface area contributed by atoms with Gasteiger partial charge in [-0.25, -0.2) is 9.78 Å². The molecule has 0 aliphatic heterocycles. The van der Waals surface area contributed by atoms with Crippen molar-refractivity contribution in [2.45, 2.75) is 6.42 Å². The number of aromatic nitrogens is 1. The summed E-state index contributed by atoms with van der Waals surface area (Å²) in [5.41, 5.74) is 6.13. The maximum Gasteiger partial charge on any atom is 0.412 e. The Kier molecular flexibility index (Phi) is 6.10. The van der Waals surface area contributed by atoms with Crippen molar-refractivity contribution in [1.82, 2.24) is 4.98 Å². The number of anilines is 3. The van der Waals surface area contributed by atoms with Crippen LogP contribution in [0.4, 0.5) is 20.6 Å². The van der Waals surface area contributed by atoms with Gasteiger partial charge in [0.1, 0.15) is 5.00 Å². The predicted octanol–water partition coefficient (Wildman–Crippen LogP) is 4.32. The average Bonchev–Trinajstić information content (AvgIpc) is 3.04. The molecule has 9 heteroatoms. The van der Waals surface area contributed by atoms with Gasteiger partial charge in [0.2, 0.25) is 0 Å². The summed E-state index contributed by atoms with van der Waals surface area (Å²) in [6.45, 7) is 0.183. The van der Waals surface area contributed by atoms with Crippen molar-refractivity contribution in [2.75, 3.05) is 23.1 Å². The van der Waals surface area contributed by atoms with Gasteiger partial charge in [-0.15, -0.1) is 11.6 Å². The van der Waals surface area contributed by atoms with Crippen LogP contribution in [-0.4, -0.2) is 29.5 Å². The third kappa shape index (κ3) is 4.87. The summed E-state index contributed by atoms with van der Waals surface area (Å²) >= 11 is 6.63. The average molecular weight is 405 g/mol. The first-order valence-electron chi connectivity index (χ1n) is 8.13. The molecule has 7 nitrogen and oxygen atoms in total. The molecule has 0 saturated heterocycles. The lowest BCUT2D eigenvalue weighted by Crippen LogP contribution is -2.18. The summed E-state index contributed by atoms with van der Waals surface area (Å²) in [6.07, 6.45) is -0.154. The van der Waals surface area contributed by atoms with Gasteiger partial charge in [-0.2, -0.15) is 0 Å². The van der Waals surface area contributed by atoms with Crippen LogP contribution in [0.25, 0.3) is 10.8 Å². The molecule has 4 N–H and O–H groups in total. The molecule has 3 rings (SSSR count). The number of alkyl halides is 1. The molecule has 0 bridgehead atoms. The number of benzene rings is 2. The van der Waals surface area contributed by atoms with Crippen LogP contribution in [0.5, 0.6) is 0 Å². The fourth-order valence-electron chi connectivity index (χ4n) is 2.36. The minimum atomic E-state index is -0.742. The van der Waals surface area contributed by atoms with E-state index in [-0.39, 0.29) is 17.3 Å². The van der Waals surface area contributed by atoms with Gasteiger partial charge in [0, 0.05) is 11.6 Å². The number of carbonyl (C=O) groups is 2. The maximum atomic E-state index is 11.8. The van der Waals surface area contributed by atoms with Crippen molar-refractivity contribution in [3.8, 4) is 0 Å². The number of carbonyl (C=O) groups excluding carboxylic acids is 2. The first-order chi connectivity index (χ1) is 13.1. The number of amides is 2. The van der Waals surface area contributed by atoms with Crippen LogP contribution in [0.2, 0.25) is 0 Å².